The third-order valence-electron chi connectivity index (χ3n) is 1.74. The number of azide groups is 1. The fourth-order valence-electron chi connectivity index (χ4n) is 0.992. The summed E-state index contributed by atoms with van der Waals surface area (Å²) in [5.74, 6) is -0.0381. The van der Waals surface area contributed by atoms with Gasteiger partial charge in [0.25, 0.3) is 0 Å². The van der Waals surface area contributed by atoms with Crippen molar-refractivity contribution in [2.24, 2.45) is 5.11 Å². The highest BCUT2D eigenvalue weighted by molar-refractivity contribution is 5.81. The van der Waals surface area contributed by atoms with Crippen LogP contribution in [0, 0.1) is 0 Å². The van der Waals surface area contributed by atoms with Crippen LogP contribution >= 0.6 is 0 Å². The van der Waals surface area contributed by atoms with E-state index in [0.29, 0.717) is 6.42 Å². The molecule has 0 bridgehead atoms. The molecular weight excluding hydrogens is 154 g/mol. The molecule has 68 valence electrons. The summed E-state index contributed by atoms with van der Waals surface area (Å²) in [6, 6.07) is -0.443. The number of unbranched alkanes of at least 4 members (excludes halogenated alkanes) is 2. The van der Waals surface area contributed by atoms with E-state index < -0.39 is 6.04 Å². The Morgan fingerprint density at radius 1 is 1.58 bits per heavy atom. The van der Waals surface area contributed by atoms with E-state index in [9.17, 15) is 4.79 Å². The van der Waals surface area contributed by atoms with Gasteiger partial charge in [0.15, 0.2) is 0 Å². The van der Waals surface area contributed by atoms with Crippen molar-refractivity contribution in [2.45, 2.75) is 45.6 Å². The standard InChI is InChI=1S/C8H15N3O/c1-3-4-5-6-8(7(2)12)10-11-9/h8H,3-6H2,1-2H3. The average Bonchev–Trinajstić information content (AvgIpc) is 2.03. The van der Waals surface area contributed by atoms with Gasteiger partial charge in [-0.05, 0) is 18.9 Å². The van der Waals surface area contributed by atoms with Gasteiger partial charge in [-0.3, -0.25) is 4.79 Å². The van der Waals surface area contributed by atoms with E-state index in [-0.39, 0.29) is 5.78 Å². The molecule has 0 aromatic heterocycles. The second kappa shape index (κ2) is 6.68. The summed E-state index contributed by atoms with van der Waals surface area (Å²) in [6.45, 7) is 3.56. The summed E-state index contributed by atoms with van der Waals surface area (Å²) in [7, 11) is 0. The van der Waals surface area contributed by atoms with Gasteiger partial charge < -0.3 is 0 Å². The highest BCUT2D eigenvalue weighted by Gasteiger charge is 2.10. The van der Waals surface area contributed by atoms with Crippen LogP contribution in [0.15, 0.2) is 5.11 Å². The Kier molecular flexibility index (Phi) is 6.11. The summed E-state index contributed by atoms with van der Waals surface area (Å²) >= 11 is 0. The Hall–Kier alpha value is -1.02. The topological polar surface area (TPSA) is 65.8 Å². The second-order valence-electron chi connectivity index (χ2n) is 2.83. The lowest BCUT2D eigenvalue weighted by atomic mass is 10.1. The fourth-order valence-corrected chi connectivity index (χ4v) is 0.992. The maximum absolute atomic E-state index is 10.9. The quantitative estimate of drug-likeness (QED) is 0.261. The molecule has 0 saturated carbocycles. The first kappa shape index (κ1) is 11.0. The highest BCUT2D eigenvalue weighted by atomic mass is 16.1. The summed E-state index contributed by atoms with van der Waals surface area (Å²) in [5, 5.41) is 3.43. The molecule has 4 nitrogen and oxygen atoms in total. The maximum atomic E-state index is 10.9. The van der Waals surface area contributed by atoms with Gasteiger partial charge in [0, 0.05) is 4.91 Å². The molecule has 0 amide bonds. The SMILES string of the molecule is CCCCCC(N=[N+]=[N-])C(C)=O. The molecule has 0 rings (SSSR count). The molecule has 0 aliphatic heterocycles. The Labute approximate surface area is 72.6 Å². The number of Topliss-reactive ketones (excluding diaryl/α,β-unsaturated/α-hetero) is 1. The van der Waals surface area contributed by atoms with E-state index in [2.05, 4.69) is 16.9 Å². The minimum atomic E-state index is -0.443. The molecule has 0 aliphatic rings. The largest absolute Gasteiger partial charge is 0.300 e. The van der Waals surface area contributed by atoms with Crippen molar-refractivity contribution in [3.05, 3.63) is 10.4 Å². The molecule has 0 aromatic carbocycles. The summed E-state index contributed by atoms with van der Waals surface area (Å²) in [5.41, 5.74) is 8.15. The molecule has 0 radical (unpaired) electrons. The summed E-state index contributed by atoms with van der Waals surface area (Å²) < 4.78 is 0. The zero-order chi connectivity index (χ0) is 9.40. The number of carbonyl (C=O) groups excluding carboxylic acids is 1. The van der Waals surface area contributed by atoms with Crippen LogP contribution in [0.1, 0.15) is 39.5 Å². The maximum Gasteiger partial charge on any atom is 0.138 e. The van der Waals surface area contributed by atoms with Crippen LogP contribution in [-0.4, -0.2) is 11.8 Å². The number of ketones is 1. The molecule has 12 heavy (non-hydrogen) atoms. The van der Waals surface area contributed by atoms with Crippen LogP contribution in [0.5, 0.6) is 0 Å². The van der Waals surface area contributed by atoms with E-state index in [0.717, 1.165) is 19.3 Å². The first-order valence-corrected chi connectivity index (χ1v) is 4.27. The Morgan fingerprint density at radius 2 is 2.25 bits per heavy atom. The van der Waals surface area contributed by atoms with Crippen LogP contribution < -0.4 is 0 Å². The van der Waals surface area contributed by atoms with Gasteiger partial charge in [-0.2, -0.15) is 0 Å². The van der Waals surface area contributed by atoms with Gasteiger partial charge in [-0.25, -0.2) is 0 Å². The lowest BCUT2D eigenvalue weighted by molar-refractivity contribution is -0.118. The van der Waals surface area contributed by atoms with E-state index in [1.165, 1.54) is 6.92 Å². The monoisotopic (exact) mass is 169 g/mol. The number of nitrogens with zero attached hydrogens (tertiary/aromatic N) is 3. The van der Waals surface area contributed by atoms with E-state index in [4.69, 9.17) is 5.53 Å². The minimum Gasteiger partial charge on any atom is -0.300 e. The fraction of sp³-hybridized carbons (Fsp3) is 0.875. The zero-order valence-corrected chi connectivity index (χ0v) is 7.66. The smallest absolute Gasteiger partial charge is 0.138 e. The first-order chi connectivity index (χ1) is 5.72. The summed E-state index contributed by atoms with van der Waals surface area (Å²) in [4.78, 5) is 13.5. The minimum absolute atomic E-state index is 0.0381. The van der Waals surface area contributed by atoms with Gasteiger partial charge >= 0.3 is 0 Å². The second-order valence-corrected chi connectivity index (χ2v) is 2.83. The third kappa shape index (κ3) is 4.74. The molecule has 0 fully saturated rings. The molecule has 0 N–H and O–H groups in total. The van der Waals surface area contributed by atoms with Crippen LogP contribution in [0.4, 0.5) is 0 Å². The van der Waals surface area contributed by atoms with E-state index >= 15 is 0 Å². The molecule has 0 aliphatic carbocycles. The van der Waals surface area contributed by atoms with Gasteiger partial charge in [0.2, 0.25) is 0 Å². The van der Waals surface area contributed by atoms with Gasteiger partial charge in [0.1, 0.15) is 5.78 Å². The first-order valence-electron chi connectivity index (χ1n) is 4.27. The zero-order valence-electron chi connectivity index (χ0n) is 7.66. The highest BCUT2D eigenvalue weighted by Crippen LogP contribution is 2.07. The Morgan fingerprint density at radius 3 is 2.67 bits per heavy atom. The van der Waals surface area contributed by atoms with Crippen molar-refractivity contribution in [1.82, 2.24) is 0 Å². The van der Waals surface area contributed by atoms with E-state index in [1.54, 1.807) is 0 Å². The summed E-state index contributed by atoms with van der Waals surface area (Å²) in [6.07, 6.45) is 3.85. The van der Waals surface area contributed by atoms with Crippen LogP contribution in [-0.2, 0) is 4.79 Å². The molecule has 0 spiro atoms. The van der Waals surface area contributed by atoms with Crippen molar-refractivity contribution in [3.63, 3.8) is 0 Å². The average molecular weight is 169 g/mol. The predicted molar refractivity (Wildman–Crippen MR) is 47.8 cm³/mol. The molecule has 0 saturated heterocycles. The molecule has 0 heterocycles. The van der Waals surface area contributed by atoms with Crippen molar-refractivity contribution in [3.8, 4) is 0 Å². The van der Waals surface area contributed by atoms with Gasteiger partial charge in [0.05, 0.1) is 6.04 Å². The van der Waals surface area contributed by atoms with Crippen molar-refractivity contribution < 1.29 is 4.79 Å². The molecule has 1 atom stereocenters. The van der Waals surface area contributed by atoms with Crippen LogP contribution in [0.3, 0.4) is 0 Å². The predicted octanol–water partition coefficient (Wildman–Crippen LogP) is 2.83. The molecular formula is C8H15N3O. The Bertz CT molecular complexity index is 183. The number of hydrogen-bond donors (Lipinski definition) is 0. The van der Waals surface area contributed by atoms with Crippen LogP contribution in [0.2, 0.25) is 0 Å². The van der Waals surface area contributed by atoms with Gasteiger partial charge in [-0.1, -0.05) is 31.3 Å². The lowest BCUT2D eigenvalue weighted by Gasteiger charge is -2.04. The van der Waals surface area contributed by atoms with Gasteiger partial charge in [-0.15, -0.1) is 0 Å². The van der Waals surface area contributed by atoms with E-state index in [1.807, 2.05) is 0 Å². The number of hydrogen-bond acceptors (Lipinski definition) is 2. The van der Waals surface area contributed by atoms with Crippen molar-refractivity contribution >= 4 is 5.78 Å². The lowest BCUT2D eigenvalue weighted by Crippen LogP contribution is -2.13. The normalized spacial score (nSPS) is 11.8. The number of rotatable bonds is 6. The molecule has 4 heteroatoms. The number of carbonyl (C=O) groups is 1. The Balaban J connectivity index is 3.79. The van der Waals surface area contributed by atoms with Crippen molar-refractivity contribution in [1.29, 1.82) is 0 Å². The molecule has 1 unspecified atom stereocenters. The van der Waals surface area contributed by atoms with Crippen LogP contribution in [0.25, 0.3) is 10.4 Å². The van der Waals surface area contributed by atoms with Crippen molar-refractivity contribution in [2.75, 3.05) is 0 Å². The third-order valence-corrected chi connectivity index (χ3v) is 1.74. The molecule has 0 aromatic rings.